The first-order valence-electron chi connectivity index (χ1n) is 6.59. The van der Waals surface area contributed by atoms with Gasteiger partial charge in [0.1, 0.15) is 6.10 Å². The van der Waals surface area contributed by atoms with Crippen LogP contribution >= 0.6 is 31.9 Å². The monoisotopic (exact) mass is 424 g/mol. The largest absolute Gasteiger partial charge is 0.385 e. The highest BCUT2D eigenvalue weighted by molar-refractivity contribution is 9.10. The Morgan fingerprint density at radius 1 is 0.955 bits per heavy atom. The Morgan fingerprint density at radius 3 is 2.23 bits per heavy atom. The third kappa shape index (κ3) is 1.40. The summed E-state index contributed by atoms with van der Waals surface area (Å²) in [4.78, 5) is 12.8. The fraction of sp³-hybridized carbons (Fsp3) is 0.188. The van der Waals surface area contributed by atoms with Crippen molar-refractivity contribution in [3.05, 3.63) is 67.6 Å². The summed E-state index contributed by atoms with van der Waals surface area (Å²) >= 11 is 6.59. The van der Waals surface area contributed by atoms with E-state index in [0.717, 1.165) is 0 Å². The predicted molar refractivity (Wildman–Crippen MR) is 85.4 cm³/mol. The average molecular weight is 426 g/mol. The molecule has 0 spiro atoms. The lowest BCUT2D eigenvalue weighted by Gasteiger charge is -2.33. The molecule has 0 amide bonds. The van der Waals surface area contributed by atoms with Crippen LogP contribution in [-0.4, -0.2) is 21.1 Å². The van der Waals surface area contributed by atoms with Crippen molar-refractivity contribution in [1.82, 2.24) is 0 Å². The number of rotatable bonds is 0. The number of ketones is 1. The van der Waals surface area contributed by atoms with Crippen molar-refractivity contribution in [3.8, 4) is 0 Å². The van der Waals surface area contributed by atoms with E-state index in [-0.39, 0.29) is 16.7 Å². The molecule has 0 saturated heterocycles. The molecule has 0 saturated carbocycles. The first-order valence-corrected chi connectivity index (χ1v) is 8.18. The first-order chi connectivity index (χ1) is 10.3. The highest BCUT2D eigenvalue weighted by Gasteiger charge is 2.71. The van der Waals surface area contributed by atoms with Gasteiger partial charge in [-0.25, -0.2) is 0 Å². The number of fused-ring (bicyclic) bond motifs is 5. The molecule has 4 rings (SSSR count). The SMILES string of the molecule is O=C1c2ccc(Br)cc2[C@@]2(O)[C@H](O)c3ccc(Br)cc3[C@@]12O. The number of aliphatic hydroxyl groups excluding tert-OH is 1. The molecule has 0 aliphatic heterocycles. The number of Topliss-reactive ketones (excluding diaryl/α,β-unsaturated/α-hetero) is 1. The minimum atomic E-state index is -2.19. The fourth-order valence-electron chi connectivity index (χ4n) is 3.57. The lowest BCUT2D eigenvalue weighted by Crippen LogP contribution is -2.48. The van der Waals surface area contributed by atoms with Gasteiger partial charge in [-0.15, -0.1) is 0 Å². The maximum atomic E-state index is 12.8. The Balaban J connectivity index is 2.11. The molecular weight excluding hydrogens is 416 g/mol. The van der Waals surface area contributed by atoms with E-state index in [1.165, 1.54) is 0 Å². The second kappa shape index (κ2) is 4.27. The molecule has 0 bridgehead atoms. The van der Waals surface area contributed by atoms with Crippen molar-refractivity contribution in [2.75, 3.05) is 0 Å². The van der Waals surface area contributed by atoms with Crippen LogP contribution in [0.2, 0.25) is 0 Å². The standard InChI is InChI=1S/C16H10Br2O4/c17-7-1-3-9-11(5-7)15(21)14(20)10-4-2-8(18)6-12(10)16(15,22)13(9)19/h1-6,13,19,21-22H/t13-,15-,16-/m1/s1. The minimum absolute atomic E-state index is 0.220. The number of hydrogen-bond donors (Lipinski definition) is 3. The zero-order valence-corrected chi connectivity index (χ0v) is 14.2. The van der Waals surface area contributed by atoms with Crippen LogP contribution in [0.1, 0.15) is 33.2 Å². The number of aliphatic hydroxyl groups is 3. The molecule has 0 fully saturated rings. The van der Waals surface area contributed by atoms with E-state index in [1.54, 1.807) is 36.4 Å². The maximum Gasteiger partial charge on any atom is 0.202 e. The van der Waals surface area contributed by atoms with Crippen LogP contribution in [0, 0.1) is 0 Å². The number of carbonyl (C=O) groups is 1. The predicted octanol–water partition coefficient (Wildman–Crippen LogP) is 2.53. The van der Waals surface area contributed by atoms with Gasteiger partial charge in [0, 0.05) is 25.6 Å². The van der Waals surface area contributed by atoms with Gasteiger partial charge in [0.25, 0.3) is 0 Å². The summed E-state index contributed by atoms with van der Waals surface area (Å²) in [6.07, 6.45) is -1.39. The molecule has 3 N–H and O–H groups in total. The number of carbonyl (C=O) groups excluding carboxylic acids is 1. The van der Waals surface area contributed by atoms with Gasteiger partial charge in [0.15, 0.2) is 11.2 Å². The van der Waals surface area contributed by atoms with E-state index < -0.39 is 23.1 Å². The number of benzene rings is 2. The Morgan fingerprint density at radius 2 is 1.55 bits per heavy atom. The maximum absolute atomic E-state index is 12.8. The lowest BCUT2D eigenvalue weighted by atomic mass is 9.82. The Hall–Kier alpha value is -1.05. The van der Waals surface area contributed by atoms with E-state index >= 15 is 0 Å². The van der Waals surface area contributed by atoms with Crippen LogP contribution in [0.15, 0.2) is 45.3 Å². The molecule has 6 heteroatoms. The number of hydrogen-bond acceptors (Lipinski definition) is 4. The van der Waals surface area contributed by atoms with Crippen LogP contribution in [-0.2, 0) is 11.2 Å². The molecule has 22 heavy (non-hydrogen) atoms. The second-order valence-corrected chi connectivity index (χ2v) is 7.46. The summed E-state index contributed by atoms with van der Waals surface area (Å²) in [6.45, 7) is 0. The first kappa shape index (κ1) is 14.5. The molecule has 0 unspecified atom stereocenters. The van der Waals surface area contributed by atoms with E-state index in [2.05, 4.69) is 31.9 Å². The van der Waals surface area contributed by atoms with E-state index in [1.807, 2.05) is 0 Å². The van der Waals surface area contributed by atoms with Gasteiger partial charge in [-0.05, 0) is 35.9 Å². The van der Waals surface area contributed by atoms with E-state index in [0.29, 0.717) is 14.5 Å². The zero-order chi connectivity index (χ0) is 15.9. The van der Waals surface area contributed by atoms with Crippen molar-refractivity contribution in [1.29, 1.82) is 0 Å². The third-order valence-corrected chi connectivity index (χ3v) is 5.60. The van der Waals surface area contributed by atoms with Crippen molar-refractivity contribution < 1.29 is 20.1 Å². The van der Waals surface area contributed by atoms with Crippen molar-refractivity contribution in [2.45, 2.75) is 17.3 Å². The molecule has 2 aromatic rings. The van der Waals surface area contributed by atoms with Gasteiger partial charge in [0.2, 0.25) is 5.78 Å². The van der Waals surface area contributed by atoms with Crippen LogP contribution in [0.5, 0.6) is 0 Å². The van der Waals surface area contributed by atoms with Gasteiger partial charge < -0.3 is 15.3 Å². The second-order valence-electron chi connectivity index (χ2n) is 5.63. The molecule has 0 aromatic heterocycles. The summed E-state index contributed by atoms with van der Waals surface area (Å²) in [7, 11) is 0. The van der Waals surface area contributed by atoms with Crippen molar-refractivity contribution in [2.24, 2.45) is 0 Å². The molecule has 2 aliphatic rings. The molecule has 0 radical (unpaired) electrons. The molecular formula is C16H10Br2O4. The van der Waals surface area contributed by atoms with Crippen LogP contribution in [0.25, 0.3) is 0 Å². The molecule has 4 nitrogen and oxygen atoms in total. The average Bonchev–Trinajstić information content (AvgIpc) is 2.77. The zero-order valence-electron chi connectivity index (χ0n) is 11.0. The van der Waals surface area contributed by atoms with Crippen LogP contribution < -0.4 is 0 Å². The van der Waals surface area contributed by atoms with Gasteiger partial charge >= 0.3 is 0 Å². The topological polar surface area (TPSA) is 77.8 Å². The van der Waals surface area contributed by atoms with E-state index in [4.69, 9.17) is 0 Å². The molecule has 2 aromatic carbocycles. The Labute approximate surface area is 142 Å². The Kier molecular flexibility index (Phi) is 2.82. The van der Waals surface area contributed by atoms with Crippen LogP contribution in [0.3, 0.4) is 0 Å². The summed E-state index contributed by atoms with van der Waals surface area (Å²) in [6, 6.07) is 9.63. The fourth-order valence-corrected chi connectivity index (χ4v) is 4.29. The minimum Gasteiger partial charge on any atom is -0.385 e. The molecule has 3 atom stereocenters. The molecule has 0 heterocycles. The molecule has 112 valence electrons. The van der Waals surface area contributed by atoms with Gasteiger partial charge in [-0.1, -0.05) is 37.9 Å². The summed E-state index contributed by atoms with van der Waals surface area (Å²) in [5, 5.41) is 32.9. The highest BCUT2D eigenvalue weighted by atomic mass is 79.9. The smallest absolute Gasteiger partial charge is 0.202 e. The van der Waals surface area contributed by atoms with E-state index in [9.17, 15) is 20.1 Å². The summed E-state index contributed by atoms with van der Waals surface area (Å²) in [5.41, 5.74) is -3.24. The lowest BCUT2D eigenvalue weighted by molar-refractivity contribution is -0.171. The normalized spacial score (nSPS) is 31.9. The summed E-state index contributed by atoms with van der Waals surface area (Å²) < 4.78 is 1.31. The Bertz CT molecular complexity index is 850. The summed E-state index contributed by atoms with van der Waals surface area (Å²) in [5.74, 6) is -0.603. The highest BCUT2D eigenvalue weighted by Crippen LogP contribution is 2.62. The third-order valence-electron chi connectivity index (χ3n) is 4.61. The van der Waals surface area contributed by atoms with Gasteiger partial charge in [0.05, 0.1) is 0 Å². The number of halogens is 2. The quantitative estimate of drug-likeness (QED) is 0.606. The van der Waals surface area contributed by atoms with Gasteiger partial charge in [-0.3, -0.25) is 4.79 Å². The van der Waals surface area contributed by atoms with Crippen LogP contribution in [0.4, 0.5) is 0 Å². The van der Waals surface area contributed by atoms with Crippen molar-refractivity contribution >= 4 is 37.6 Å². The van der Waals surface area contributed by atoms with Crippen molar-refractivity contribution in [3.63, 3.8) is 0 Å². The van der Waals surface area contributed by atoms with Gasteiger partial charge in [-0.2, -0.15) is 0 Å². The molecule has 2 aliphatic carbocycles.